The lowest BCUT2D eigenvalue weighted by Gasteiger charge is -2.29. The first-order chi connectivity index (χ1) is 15.5. The zero-order valence-electron chi connectivity index (χ0n) is 18.3. The molecule has 0 unspecified atom stereocenters. The van der Waals surface area contributed by atoms with Gasteiger partial charge in [0.05, 0.1) is 18.8 Å². The number of nitrogens with zero attached hydrogens (tertiary/aromatic N) is 3. The van der Waals surface area contributed by atoms with Crippen molar-refractivity contribution < 1.29 is 14.3 Å². The number of hydrogen-bond donors (Lipinski definition) is 1. The first-order valence-corrected chi connectivity index (χ1v) is 11.3. The molecule has 2 heterocycles. The van der Waals surface area contributed by atoms with Gasteiger partial charge in [0.2, 0.25) is 0 Å². The largest absolute Gasteiger partial charge is 0.450 e. The van der Waals surface area contributed by atoms with Crippen LogP contribution in [0.4, 0.5) is 10.5 Å². The van der Waals surface area contributed by atoms with E-state index in [4.69, 9.17) is 10.5 Å². The van der Waals surface area contributed by atoms with Gasteiger partial charge in [0, 0.05) is 18.7 Å². The number of nitrogens with two attached hydrogens (primary N) is 1. The highest BCUT2D eigenvalue weighted by Crippen LogP contribution is 2.46. The van der Waals surface area contributed by atoms with Gasteiger partial charge in [0.15, 0.2) is 0 Å². The first-order valence-electron chi connectivity index (χ1n) is 11.3. The van der Waals surface area contributed by atoms with Crippen LogP contribution in [0.1, 0.15) is 48.5 Å². The van der Waals surface area contributed by atoms with Gasteiger partial charge in [-0.15, -0.1) is 0 Å². The lowest BCUT2D eigenvalue weighted by molar-refractivity contribution is 0.0792. The van der Waals surface area contributed by atoms with Gasteiger partial charge in [-0.2, -0.15) is 0 Å². The summed E-state index contributed by atoms with van der Waals surface area (Å²) < 4.78 is 5.31. The molecule has 166 valence electrons. The molecule has 5 rings (SSSR count). The second-order valence-corrected chi connectivity index (χ2v) is 8.73. The van der Waals surface area contributed by atoms with Crippen molar-refractivity contribution in [2.24, 2.45) is 10.7 Å². The summed E-state index contributed by atoms with van der Waals surface area (Å²) in [5.41, 5.74) is 10.2. The molecule has 2 N–H and O–H groups in total. The van der Waals surface area contributed by atoms with Crippen molar-refractivity contribution in [1.29, 1.82) is 0 Å². The molecule has 3 aliphatic rings. The van der Waals surface area contributed by atoms with Crippen LogP contribution in [0.5, 0.6) is 0 Å². The number of carbonyl (C=O) groups is 2. The minimum atomic E-state index is -0.525. The Kier molecular flexibility index (Phi) is 5.12. The Bertz CT molecular complexity index is 1080. The Morgan fingerprint density at radius 3 is 2.41 bits per heavy atom. The first kappa shape index (κ1) is 20.5. The maximum Gasteiger partial charge on any atom is 0.410 e. The van der Waals surface area contributed by atoms with Crippen LogP contribution in [0.3, 0.4) is 0 Å². The number of benzene rings is 2. The second-order valence-electron chi connectivity index (χ2n) is 8.73. The molecule has 2 amide bonds. The van der Waals surface area contributed by atoms with E-state index in [0.717, 1.165) is 61.2 Å². The van der Waals surface area contributed by atoms with E-state index in [1.165, 1.54) is 0 Å². The fourth-order valence-corrected chi connectivity index (χ4v) is 4.69. The van der Waals surface area contributed by atoms with Crippen LogP contribution < -0.4 is 5.73 Å². The van der Waals surface area contributed by atoms with Crippen LogP contribution in [-0.4, -0.2) is 52.9 Å². The molecule has 1 aliphatic carbocycles. The summed E-state index contributed by atoms with van der Waals surface area (Å²) in [5, 5.41) is 0. The average molecular weight is 433 g/mol. The third kappa shape index (κ3) is 3.51. The third-order valence-corrected chi connectivity index (χ3v) is 6.71. The molecule has 1 saturated heterocycles. The minimum Gasteiger partial charge on any atom is -0.450 e. The van der Waals surface area contributed by atoms with Gasteiger partial charge in [-0.1, -0.05) is 18.2 Å². The number of amidine groups is 1. The van der Waals surface area contributed by atoms with Crippen molar-refractivity contribution in [3.63, 3.8) is 0 Å². The van der Waals surface area contributed by atoms with Gasteiger partial charge >= 0.3 is 6.09 Å². The van der Waals surface area contributed by atoms with Crippen LogP contribution in [0, 0.1) is 0 Å². The van der Waals surface area contributed by atoms with Crippen molar-refractivity contribution in [3.05, 3.63) is 53.6 Å². The van der Waals surface area contributed by atoms with Crippen molar-refractivity contribution in [1.82, 2.24) is 9.80 Å². The maximum atomic E-state index is 12.7. The molecule has 32 heavy (non-hydrogen) atoms. The topological polar surface area (TPSA) is 88.2 Å². The highest BCUT2D eigenvalue weighted by molar-refractivity contribution is 5.98. The molecule has 7 heteroatoms. The highest BCUT2D eigenvalue weighted by Gasteiger charge is 2.55. The predicted molar refractivity (Wildman–Crippen MR) is 123 cm³/mol. The van der Waals surface area contributed by atoms with E-state index in [9.17, 15) is 9.59 Å². The van der Waals surface area contributed by atoms with Gasteiger partial charge in [-0.25, -0.2) is 9.79 Å². The van der Waals surface area contributed by atoms with Crippen molar-refractivity contribution in [2.45, 2.75) is 44.7 Å². The zero-order valence-corrected chi connectivity index (χ0v) is 18.3. The zero-order chi connectivity index (χ0) is 22.3. The molecule has 2 aromatic carbocycles. The smallest absolute Gasteiger partial charge is 0.410 e. The van der Waals surface area contributed by atoms with E-state index in [0.29, 0.717) is 24.6 Å². The van der Waals surface area contributed by atoms with Crippen LogP contribution in [0.25, 0.3) is 11.1 Å². The quantitative estimate of drug-likeness (QED) is 0.791. The normalized spacial score (nSPS) is 18.7. The van der Waals surface area contributed by atoms with Crippen molar-refractivity contribution in [3.8, 4) is 11.1 Å². The van der Waals surface area contributed by atoms with Crippen molar-refractivity contribution in [2.75, 3.05) is 19.7 Å². The fraction of sp³-hybridized carbons (Fsp3) is 0.400. The lowest BCUT2D eigenvalue weighted by atomic mass is 10.00. The van der Waals surface area contributed by atoms with E-state index in [2.05, 4.69) is 11.1 Å². The van der Waals surface area contributed by atoms with Gasteiger partial charge in [-0.05, 0) is 73.6 Å². The average Bonchev–Trinajstić information content (AvgIpc) is 3.45. The van der Waals surface area contributed by atoms with E-state index < -0.39 is 5.54 Å². The number of fused-ring (bicyclic) bond motifs is 1. The van der Waals surface area contributed by atoms with Gasteiger partial charge < -0.3 is 15.4 Å². The number of amides is 2. The van der Waals surface area contributed by atoms with E-state index in [1.807, 2.05) is 41.3 Å². The monoisotopic (exact) mass is 432 g/mol. The Hall–Kier alpha value is -3.35. The maximum absolute atomic E-state index is 12.7. The summed E-state index contributed by atoms with van der Waals surface area (Å²) >= 11 is 0. The molecular weight excluding hydrogens is 404 g/mol. The van der Waals surface area contributed by atoms with E-state index in [1.54, 1.807) is 11.8 Å². The summed E-state index contributed by atoms with van der Waals surface area (Å²) in [6, 6.07) is 13.7. The molecule has 2 aliphatic heterocycles. The van der Waals surface area contributed by atoms with E-state index in [-0.39, 0.29) is 12.0 Å². The number of aliphatic imine (C=N–C) groups is 1. The fourth-order valence-electron chi connectivity index (χ4n) is 4.69. The summed E-state index contributed by atoms with van der Waals surface area (Å²) in [7, 11) is 0. The van der Waals surface area contributed by atoms with Crippen LogP contribution in [0.15, 0.2) is 47.5 Å². The Labute approximate surface area is 187 Å². The van der Waals surface area contributed by atoms with Gasteiger partial charge in [0.25, 0.3) is 5.91 Å². The molecule has 0 radical (unpaired) electrons. The number of rotatable bonds is 3. The van der Waals surface area contributed by atoms with Crippen LogP contribution >= 0.6 is 0 Å². The number of ether oxygens (including phenoxy) is 1. The second kappa shape index (κ2) is 7.97. The third-order valence-electron chi connectivity index (χ3n) is 6.71. The molecule has 0 aromatic heterocycles. The molecule has 0 atom stereocenters. The minimum absolute atomic E-state index is 0.0978. The number of carbonyl (C=O) groups excluding carboxylic acids is 2. The van der Waals surface area contributed by atoms with Gasteiger partial charge in [-0.3, -0.25) is 9.69 Å². The summed E-state index contributed by atoms with van der Waals surface area (Å²) in [6.45, 7) is 4.20. The van der Waals surface area contributed by atoms with Gasteiger partial charge in [0.1, 0.15) is 11.4 Å². The van der Waals surface area contributed by atoms with Crippen LogP contribution in [-0.2, 0) is 11.3 Å². The molecule has 2 aromatic rings. The molecule has 1 saturated carbocycles. The number of likely N-dealkylation sites (tertiary alicyclic amines) is 1. The Balaban J connectivity index is 1.43. The summed E-state index contributed by atoms with van der Waals surface area (Å²) in [4.78, 5) is 33.6. The predicted octanol–water partition coefficient (Wildman–Crippen LogP) is 4.08. The molecular formula is C25H28N4O3. The van der Waals surface area contributed by atoms with Crippen LogP contribution in [0.2, 0.25) is 0 Å². The highest BCUT2D eigenvalue weighted by atomic mass is 16.6. The Morgan fingerprint density at radius 2 is 1.75 bits per heavy atom. The molecule has 0 bridgehead atoms. The lowest BCUT2D eigenvalue weighted by Crippen LogP contribution is -2.49. The molecule has 1 spiro atoms. The van der Waals surface area contributed by atoms with E-state index >= 15 is 0 Å². The summed E-state index contributed by atoms with van der Waals surface area (Å²) in [5.74, 6) is 0.572. The SMILES string of the molecule is CCOC(=O)N1Cc2cc(-c3ccc(C(=O)N4CCCC4)cc3)ccc2N=C(N)C12CC2. The molecule has 2 fully saturated rings. The van der Waals surface area contributed by atoms with Crippen molar-refractivity contribution >= 4 is 23.5 Å². The summed E-state index contributed by atoms with van der Waals surface area (Å²) in [6.07, 6.45) is 3.40. The standard InChI is InChI=1S/C25H28N4O3/c1-2-32-24(31)29-16-20-15-19(9-10-21(20)27-23(26)25(29)11-12-25)17-5-7-18(8-6-17)22(30)28-13-3-4-14-28/h5-10,15H,2-4,11-14,16H2,1H3,(H2,26,27). The Morgan fingerprint density at radius 1 is 1.06 bits per heavy atom. The number of hydrogen-bond acceptors (Lipinski definition) is 5. The molecule has 7 nitrogen and oxygen atoms in total.